The van der Waals surface area contributed by atoms with Gasteiger partial charge in [0.15, 0.2) is 0 Å². The average Bonchev–Trinajstić information content (AvgIpc) is 2.70. The molecule has 1 heterocycles. The number of carbonyl (C=O) groups is 2. The van der Waals surface area contributed by atoms with Crippen LogP contribution in [0.4, 0.5) is 0 Å². The van der Waals surface area contributed by atoms with Crippen LogP contribution in [0.1, 0.15) is 32.1 Å². The lowest BCUT2D eigenvalue weighted by Gasteiger charge is -2.08. The van der Waals surface area contributed by atoms with Gasteiger partial charge < -0.3 is 15.2 Å². The van der Waals surface area contributed by atoms with Crippen molar-refractivity contribution in [2.45, 2.75) is 38.1 Å². The molecule has 0 saturated carbocycles. The molecule has 0 spiro atoms. The zero-order valence-electron chi connectivity index (χ0n) is 8.70. The van der Waals surface area contributed by atoms with E-state index in [0.29, 0.717) is 12.8 Å². The Morgan fingerprint density at radius 3 is 2.80 bits per heavy atom. The number of esters is 2. The molecule has 0 aromatic rings. The summed E-state index contributed by atoms with van der Waals surface area (Å²) in [5, 5.41) is 11.5. The van der Waals surface area contributed by atoms with E-state index in [2.05, 4.69) is 10.1 Å². The van der Waals surface area contributed by atoms with Crippen molar-refractivity contribution in [3.63, 3.8) is 0 Å². The third kappa shape index (κ3) is 4.40. The van der Waals surface area contributed by atoms with Crippen LogP contribution in [0, 0.1) is 0 Å². The highest BCUT2D eigenvalue weighted by Crippen LogP contribution is 2.07. The van der Waals surface area contributed by atoms with Crippen LogP contribution in [0.25, 0.3) is 0 Å². The van der Waals surface area contributed by atoms with Gasteiger partial charge in [-0.1, -0.05) is 0 Å². The summed E-state index contributed by atoms with van der Waals surface area (Å²) < 4.78 is 4.66. The highest BCUT2D eigenvalue weighted by Gasteiger charge is 2.25. The summed E-state index contributed by atoms with van der Waals surface area (Å²) >= 11 is 0. The second kappa shape index (κ2) is 6.53. The topological polar surface area (TPSA) is 75.6 Å². The molecule has 1 fully saturated rings. The van der Waals surface area contributed by atoms with Gasteiger partial charge in [0.05, 0.1) is 0 Å². The van der Waals surface area contributed by atoms with Crippen molar-refractivity contribution in [2.75, 3.05) is 13.2 Å². The molecule has 0 bridgehead atoms. The summed E-state index contributed by atoms with van der Waals surface area (Å²) in [7, 11) is 0. The first-order valence-electron chi connectivity index (χ1n) is 5.33. The van der Waals surface area contributed by atoms with Gasteiger partial charge >= 0.3 is 11.9 Å². The molecule has 0 aromatic heterocycles. The molecule has 2 N–H and O–H groups in total. The normalized spacial score (nSPS) is 20.2. The number of rotatable bonds is 5. The lowest BCUT2D eigenvalue weighted by molar-refractivity contribution is -0.161. The highest BCUT2D eigenvalue weighted by atomic mass is 16.6. The quantitative estimate of drug-likeness (QED) is 0.382. The van der Waals surface area contributed by atoms with Crippen molar-refractivity contribution in [3.8, 4) is 0 Å². The van der Waals surface area contributed by atoms with E-state index in [1.54, 1.807) is 0 Å². The van der Waals surface area contributed by atoms with Gasteiger partial charge in [-0.15, -0.1) is 0 Å². The minimum Gasteiger partial charge on any atom is -0.396 e. The third-order valence-electron chi connectivity index (χ3n) is 2.35. The fourth-order valence-electron chi connectivity index (χ4n) is 1.50. The van der Waals surface area contributed by atoms with Gasteiger partial charge in [-0.2, -0.15) is 0 Å². The Morgan fingerprint density at radius 2 is 2.20 bits per heavy atom. The Balaban J connectivity index is 2.16. The minimum absolute atomic E-state index is 0.0609. The zero-order chi connectivity index (χ0) is 11.1. The number of nitrogens with one attached hydrogen (secondary N) is 1. The predicted molar refractivity (Wildman–Crippen MR) is 53.1 cm³/mol. The van der Waals surface area contributed by atoms with Crippen molar-refractivity contribution < 1.29 is 19.4 Å². The van der Waals surface area contributed by atoms with Crippen molar-refractivity contribution in [1.29, 1.82) is 0 Å². The molecule has 0 radical (unpaired) electrons. The standard InChI is InChI=1S/C10H17NO4/c12-7-2-1-5-9(13)15-10(14)8-4-3-6-11-8/h8,11-12H,1-7H2/t8-/m0/s1. The zero-order valence-corrected chi connectivity index (χ0v) is 8.70. The van der Waals surface area contributed by atoms with E-state index >= 15 is 0 Å². The first-order chi connectivity index (χ1) is 7.24. The molecule has 5 heteroatoms. The molecule has 0 aliphatic carbocycles. The van der Waals surface area contributed by atoms with Crippen molar-refractivity contribution >= 4 is 11.9 Å². The van der Waals surface area contributed by atoms with Gasteiger partial charge in [0.2, 0.25) is 0 Å². The van der Waals surface area contributed by atoms with Crippen molar-refractivity contribution in [3.05, 3.63) is 0 Å². The van der Waals surface area contributed by atoms with Gasteiger partial charge in [-0.3, -0.25) is 4.79 Å². The van der Waals surface area contributed by atoms with Gasteiger partial charge in [0.25, 0.3) is 0 Å². The first-order valence-corrected chi connectivity index (χ1v) is 5.33. The van der Waals surface area contributed by atoms with Crippen LogP contribution in [-0.2, 0) is 14.3 Å². The fraction of sp³-hybridized carbons (Fsp3) is 0.800. The van der Waals surface area contributed by atoms with Crippen LogP contribution in [0.5, 0.6) is 0 Å². The van der Waals surface area contributed by atoms with Crippen molar-refractivity contribution in [1.82, 2.24) is 5.32 Å². The summed E-state index contributed by atoms with van der Waals surface area (Å²) in [6.07, 6.45) is 2.99. The van der Waals surface area contributed by atoms with Crippen LogP contribution in [0.2, 0.25) is 0 Å². The Bertz CT molecular complexity index is 223. The average molecular weight is 215 g/mol. The van der Waals surface area contributed by atoms with Crippen molar-refractivity contribution in [2.24, 2.45) is 0 Å². The SMILES string of the molecule is O=C(CCCCO)OC(=O)[C@@H]1CCCN1. The molecule has 15 heavy (non-hydrogen) atoms. The van der Waals surface area contributed by atoms with E-state index in [4.69, 9.17) is 5.11 Å². The van der Waals surface area contributed by atoms with Crippen LogP contribution >= 0.6 is 0 Å². The lowest BCUT2D eigenvalue weighted by atomic mass is 10.2. The minimum atomic E-state index is -0.498. The monoisotopic (exact) mass is 215 g/mol. The second-order valence-corrected chi connectivity index (χ2v) is 3.62. The molecule has 86 valence electrons. The Labute approximate surface area is 88.8 Å². The number of carbonyl (C=O) groups excluding carboxylic acids is 2. The fourth-order valence-corrected chi connectivity index (χ4v) is 1.50. The molecule has 5 nitrogen and oxygen atoms in total. The van der Waals surface area contributed by atoms with E-state index in [-0.39, 0.29) is 19.1 Å². The summed E-state index contributed by atoms with van der Waals surface area (Å²) in [6, 6.07) is -0.313. The Morgan fingerprint density at radius 1 is 1.40 bits per heavy atom. The number of aliphatic hydroxyl groups excluding tert-OH is 1. The Kier molecular flexibility index (Phi) is 5.28. The Hall–Kier alpha value is -0.940. The van der Waals surface area contributed by atoms with E-state index in [1.165, 1.54) is 0 Å². The summed E-state index contributed by atoms with van der Waals surface area (Å²) in [5.41, 5.74) is 0. The molecule has 1 atom stereocenters. The van der Waals surface area contributed by atoms with Crippen LogP contribution in [0.15, 0.2) is 0 Å². The maximum Gasteiger partial charge on any atom is 0.330 e. The van der Waals surface area contributed by atoms with Gasteiger partial charge in [0.1, 0.15) is 6.04 Å². The smallest absolute Gasteiger partial charge is 0.330 e. The maximum atomic E-state index is 11.3. The molecule has 1 rings (SSSR count). The number of hydrogen-bond donors (Lipinski definition) is 2. The second-order valence-electron chi connectivity index (χ2n) is 3.62. The van der Waals surface area contributed by atoms with E-state index < -0.39 is 11.9 Å². The third-order valence-corrected chi connectivity index (χ3v) is 2.35. The highest BCUT2D eigenvalue weighted by molar-refractivity contribution is 5.88. The molecular formula is C10H17NO4. The van der Waals surface area contributed by atoms with Crippen LogP contribution in [0.3, 0.4) is 0 Å². The summed E-state index contributed by atoms with van der Waals surface area (Å²) in [4.78, 5) is 22.5. The predicted octanol–water partition coefficient (Wildman–Crippen LogP) is -0.0292. The lowest BCUT2D eigenvalue weighted by Crippen LogP contribution is -2.33. The number of unbranched alkanes of at least 4 members (excludes halogenated alkanes) is 1. The van der Waals surface area contributed by atoms with Crippen LogP contribution in [-0.4, -0.2) is 36.2 Å². The van der Waals surface area contributed by atoms with Gasteiger partial charge in [-0.05, 0) is 32.2 Å². The van der Waals surface area contributed by atoms with E-state index in [9.17, 15) is 9.59 Å². The van der Waals surface area contributed by atoms with E-state index in [0.717, 1.165) is 19.4 Å². The molecular weight excluding hydrogens is 198 g/mol. The maximum absolute atomic E-state index is 11.3. The molecule has 0 unspecified atom stereocenters. The molecule has 0 aromatic carbocycles. The molecule has 1 aliphatic heterocycles. The molecule has 0 amide bonds. The first kappa shape index (κ1) is 12.1. The number of hydrogen-bond acceptors (Lipinski definition) is 5. The summed E-state index contributed by atoms with van der Waals surface area (Å²) in [5.74, 6) is -0.969. The molecule has 1 aliphatic rings. The largest absolute Gasteiger partial charge is 0.396 e. The van der Waals surface area contributed by atoms with Gasteiger partial charge in [-0.25, -0.2) is 4.79 Å². The molecule has 1 saturated heterocycles. The van der Waals surface area contributed by atoms with Crippen LogP contribution < -0.4 is 5.32 Å². The number of aliphatic hydroxyl groups is 1. The van der Waals surface area contributed by atoms with E-state index in [1.807, 2.05) is 0 Å². The van der Waals surface area contributed by atoms with Gasteiger partial charge in [0, 0.05) is 13.0 Å². The summed E-state index contributed by atoms with van der Waals surface area (Å²) in [6.45, 7) is 0.865. The number of ether oxygens (including phenoxy) is 1.